The average Bonchev–Trinajstić information content (AvgIpc) is 2.47. The molecule has 1 aliphatic carbocycles. The van der Waals surface area contributed by atoms with Crippen molar-refractivity contribution in [2.75, 3.05) is 0 Å². The number of rotatable bonds is 1. The molecule has 0 bridgehead atoms. The molecule has 0 saturated heterocycles. The predicted molar refractivity (Wildman–Crippen MR) is 25.4 cm³/mol. The molecule has 46 valence electrons. The fourth-order valence-electron chi connectivity index (χ4n) is 0.466. The number of hydrogen-bond donors (Lipinski definition) is 2. The fourth-order valence-corrected chi connectivity index (χ4v) is 0.466. The minimum atomic E-state index is -1.62. The summed E-state index contributed by atoms with van der Waals surface area (Å²) in [6, 6.07) is 0. The SMILES string of the molecule is NNC(=O)C1(F)CC1. The molecule has 0 spiro atoms. The number of amides is 1. The largest absolute Gasteiger partial charge is 0.291 e. The molecule has 0 aromatic heterocycles. The van der Waals surface area contributed by atoms with Crippen LogP contribution in [0.4, 0.5) is 4.39 Å². The third kappa shape index (κ3) is 0.667. The van der Waals surface area contributed by atoms with Gasteiger partial charge < -0.3 is 0 Å². The first-order valence-corrected chi connectivity index (χ1v) is 2.39. The smallest absolute Gasteiger partial charge is 0.271 e. The maximum absolute atomic E-state index is 12.4. The predicted octanol–water partition coefficient (Wildman–Crippen LogP) is -0.522. The van der Waals surface area contributed by atoms with E-state index in [0.717, 1.165) is 0 Å². The summed E-state index contributed by atoms with van der Waals surface area (Å²) < 4.78 is 12.4. The highest BCUT2D eigenvalue weighted by Gasteiger charge is 2.50. The maximum Gasteiger partial charge on any atom is 0.271 e. The van der Waals surface area contributed by atoms with Gasteiger partial charge in [-0.25, -0.2) is 10.2 Å². The number of alkyl halides is 1. The van der Waals surface area contributed by atoms with Crippen LogP contribution in [0.25, 0.3) is 0 Å². The summed E-state index contributed by atoms with van der Waals surface area (Å²) in [5.41, 5.74) is 0.137. The number of nitrogens with two attached hydrogens (primary N) is 1. The molecule has 1 rings (SSSR count). The van der Waals surface area contributed by atoms with Crippen molar-refractivity contribution < 1.29 is 9.18 Å². The number of hydrogen-bond acceptors (Lipinski definition) is 2. The first-order valence-electron chi connectivity index (χ1n) is 2.39. The minimum Gasteiger partial charge on any atom is -0.291 e. The second-order valence-corrected chi connectivity index (χ2v) is 1.94. The van der Waals surface area contributed by atoms with Gasteiger partial charge in [0.25, 0.3) is 5.91 Å². The molecule has 0 aliphatic heterocycles. The zero-order chi connectivity index (χ0) is 6.20. The molecule has 4 heteroatoms. The summed E-state index contributed by atoms with van der Waals surface area (Å²) >= 11 is 0. The molecule has 8 heavy (non-hydrogen) atoms. The van der Waals surface area contributed by atoms with Crippen molar-refractivity contribution in [2.24, 2.45) is 5.84 Å². The number of hydrazine groups is 1. The van der Waals surface area contributed by atoms with Gasteiger partial charge in [0.2, 0.25) is 0 Å². The van der Waals surface area contributed by atoms with Crippen molar-refractivity contribution in [1.82, 2.24) is 5.43 Å². The van der Waals surface area contributed by atoms with Gasteiger partial charge in [0.1, 0.15) is 0 Å². The van der Waals surface area contributed by atoms with Crippen LogP contribution in [0.1, 0.15) is 12.8 Å². The van der Waals surface area contributed by atoms with Crippen molar-refractivity contribution in [3.8, 4) is 0 Å². The van der Waals surface area contributed by atoms with Crippen LogP contribution in [0.2, 0.25) is 0 Å². The van der Waals surface area contributed by atoms with Gasteiger partial charge in [-0.05, 0) is 12.8 Å². The Morgan fingerprint density at radius 2 is 2.25 bits per heavy atom. The molecule has 0 aromatic rings. The van der Waals surface area contributed by atoms with Gasteiger partial charge in [0.05, 0.1) is 0 Å². The topological polar surface area (TPSA) is 55.1 Å². The second-order valence-electron chi connectivity index (χ2n) is 1.94. The molecule has 0 unspecified atom stereocenters. The van der Waals surface area contributed by atoms with E-state index in [1.807, 2.05) is 0 Å². The lowest BCUT2D eigenvalue weighted by Crippen LogP contribution is -2.38. The Morgan fingerprint density at radius 3 is 2.38 bits per heavy atom. The van der Waals surface area contributed by atoms with E-state index in [9.17, 15) is 9.18 Å². The second kappa shape index (κ2) is 1.42. The molecule has 0 heterocycles. The van der Waals surface area contributed by atoms with Gasteiger partial charge in [0.15, 0.2) is 5.67 Å². The van der Waals surface area contributed by atoms with Gasteiger partial charge in [-0.15, -0.1) is 0 Å². The summed E-state index contributed by atoms with van der Waals surface area (Å²) in [5.74, 6) is 3.96. The van der Waals surface area contributed by atoms with Crippen molar-refractivity contribution in [3.63, 3.8) is 0 Å². The molecular formula is C4H7FN2O. The Hall–Kier alpha value is -0.640. The standard InChI is InChI=1S/C4H7FN2O/c5-4(1-2-4)3(8)7-6/h1-2,6H2,(H,7,8). The lowest BCUT2D eigenvalue weighted by atomic mass is 10.4. The van der Waals surface area contributed by atoms with E-state index in [1.165, 1.54) is 0 Å². The molecule has 0 radical (unpaired) electrons. The molecule has 0 atom stereocenters. The van der Waals surface area contributed by atoms with Gasteiger partial charge in [-0.3, -0.25) is 10.2 Å². The molecule has 1 fully saturated rings. The van der Waals surface area contributed by atoms with E-state index in [-0.39, 0.29) is 0 Å². The van der Waals surface area contributed by atoms with Crippen molar-refractivity contribution in [2.45, 2.75) is 18.5 Å². The monoisotopic (exact) mass is 118 g/mol. The highest BCUT2D eigenvalue weighted by atomic mass is 19.1. The van der Waals surface area contributed by atoms with E-state index < -0.39 is 11.6 Å². The number of halogens is 1. The van der Waals surface area contributed by atoms with Crippen LogP contribution in [-0.4, -0.2) is 11.6 Å². The van der Waals surface area contributed by atoms with E-state index in [4.69, 9.17) is 0 Å². The average molecular weight is 118 g/mol. The number of carbonyl (C=O) groups is 1. The van der Waals surface area contributed by atoms with Crippen LogP contribution in [-0.2, 0) is 4.79 Å². The Morgan fingerprint density at radius 1 is 1.75 bits per heavy atom. The van der Waals surface area contributed by atoms with Crippen LogP contribution >= 0.6 is 0 Å². The quantitative estimate of drug-likeness (QED) is 0.276. The Kier molecular flexibility index (Phi) is 0.973. The van der Waals surface area contributed by atoms with E-state index in [1.54, 1.807) is 5.43 Å². The van der Waals surface area contributed by atoms with Crippen LogP contribution in [0.3, 0.4) is 0 Å². The molecule has 1 aliphatic rings. The number of carbonyl (C=O) groups excluding carboxylic acids is 1. The normalized spacial score (nSPS) is 22.2. The summed E-state index contributed by atoms with van der Waals surface area (Å²) in [4.78, 5) is 10.3. The van der Waals surface area contributed by atoms with Crippen molar-refractivity contribution in [3.05, 3.63) is 0 Å². The zero-order valence-electron chi connectivity index (χ0n) is 4.28. The molecular weight excluding hydrogens is 111 g/mol. The zero-order valence-corrected chi connectivity index (χ0v) is 4.28. The molecule has 1 saturated carbocycles. The Bertz CT molecular complexity index is 121. The summed E-state index contributed by atoms with van der Waals surface area (Å²) in [5, 5.41) is 0. The van der Waals surface area contributed by atoms with Crippen LogP contribution in [0, 0.1) is 0 Å². The fraction of sp³-hybridized carbons (Fsp3) is 0.750. The van der Waals surface area contributed by atoms with E-state index >= 15 is 0 Å². The third-order valence-electron chi connectivity index (χ3n) is 1.23. The Labute approximate surface area is 46.0 Å². The third-order valence-corrected chi connectivity index (χ3v) is 1.23. The molecule has 1 amide bonds. The van der Waals surface area contributed by atoms with Crippen LogP contribution in [0.15, 0.2) is 0 Å². The summed E-state index contributed by atoms with van der Waals surface area (Å²) in [6.45, 7) is 0. The first-order chi connectivity index (χ1) is 3.69. The Balaban J connectivity index is 2.46. The number of nitrogens with one attached hydrogen (secondary N) is 1. The maximum atomic E-state index is 12.4. The first kappa shape index (κ1) is 5.50. The molecule has 3 N–H and O–H groups in total. The lowest BCUT2D eigenvalue weighted by Gasteiger charge is -1.98. The van der Waals surface area contributed by atoms with Crippen LogP contribution in [0.5, 0.6) is 0 Å². The molecule has 3 nitrogen and oxygen atoms in total. The van der Waals surface area contributed by atoms with Gasteiger partial charge in [0, 0.05) is 0 Å². The minimum absolute atomic E-state index is 0.316. The lowest BCUT2D eigenvalue weighted by molar-refractivity contribution is -0.127. The van der Waals surface area contributed by atoms with Crippen LogP contribution < -0.4 is 11.3 Å². The van der Waals surface area contributed by atoms with Gasteiger partial charge in [-0.1, -0.05) is 0 Å². The van der Waals surface area contributed by atoms with Crippen molar-refractivity contribution in [1.29, 1.82) is 0 Å². The highest BCUT2D eigenvalue weighted by molar-refractivity contribution is 5.87. The van der Waals surface area contributed by atoms with Crippen molar-refractivity contribution >= 4 is 5.91 Å². The molecule has 0 aromatic carbocycles. The van der Waals surface area contributed by atoms with Gasteiger partial charge >= 0.3 is 0 Å². The summed E-state index contributed by atoms with van der Waals surface area (Å²) in [7, 11) is 0. The van der Waals surface area contributed by atoms with Gasteiger partial charge in [-0.2, -0.15) is 0 Å². The highest BCUT2D eigenvalue weighted by Crippen LogP contribution is 2.39. The summed E-state index contributed by atoms with van der Waals surface area (Å²) in [6.07, 6.45) is 0.631. The van der Waals surface area contributed by atoms with E-state index in [0.29, 0.717) is 12.8 Å². The van der Waals surface area contributed by atoms with E-state index in [2.05, 4.69) is 5.84 Å².